The highest BCUT2D eigenvalue weighted by molar-refractivity contribution is 5.78. The van der Waals surface area contributed by atoms with Crippen molar-refractivity contribution in [3.05, 3.63) is 60.2 Å². The summed E-state index contributed by atoms with van der Waals surface area (Å²) in [6.07, 6.45) is 4.74. The van der Waals surface area contributed by atoms with Gasteiger partial charge >= 0.3 is 0 Å². The number of amides is 1. The zero-order valence-corrected chi connectivity index (χ0v) is 15.5. The molecule has 27 heavy (non-hydrogen) atoms. The predicted octanol–water partition coefficient (Wildman–Crippen LogP) is 4.15. The molecule has 1 aliphatic carbocycles. The highest BCUT2D eigenvalue weighted by Gasteiger charge is 2.32. The van der Waals surface area contributed by atoms with Gasteiger partial charge in [-0.2, -0.15) is 0 Å². The molecule has 0 spiro atoms. The molecule has 5 heteroatoms. The van der Waals surface area contributed by atoms with E-state index in [4.69, 9.17) is 0 Å². The number of fused-ring (bicyclic) bond motifs is 1. The van der Waals surface area contributed by atoms with Crippen LogP contribution < -0.4 is 15.7 Å². The molecule has 2 aromatic rings. The minimum atomic E-state index is -0.0733. The minimum absolute atomic E-state index is 0.0733. The molecule has 1 heterocycles. The Morgan fingerprint density at radius 3 is 2.48 bits per heavy atom. The number of carbonyl (C=O) groups excluding carboxylic acids is 1. The van der Waals surface area contributed by atoms with Crippen molar-refractivity contribution in [1.29, 1.82) is 0 Å². The molecule has 0 bridgehead atoms. The smallest absolute Gasteiger partial charge is 0.223 e. The van der Waals surface area contributed by atoms with E-state index in [2.05, 4.69) is 10.6 Å². The number of hydrogen-bond acceptors (Lipinski definition) is 4. The largest absolute Gasteiger partial charge is 0.362 e. The van der Waals surface area contributed by atoms with E-state index in [0.717, 1.165) is 49.0 Å². The Morgan fingerprint density at radius 2 is 1.74 bits per heavy atom. The first kappa shape index (κ1) is 17.9. The highest BCUT2D eigenvalue weighted by atomic mass is 16.5. The predicted molar refractivity (Wildman–Crippen MR) is 106 cm³/mol. The molecule has 1 atom stereocenters. The van der Waals surface area contributed by atoms with Crippen LogP contribution >= 0.6 is 0 Å². The monoisotopic (exact) mass is 365 g/mol. The van der Waals surface area contributed by atoms with E-state index in [9.17, 15) is 10.0 Å². The third-order valence-corrected chi connectivity index (χ3v) is 5.85. The maximum atomic E-state index is 12.5. The minimum Gasteiger partial charge on any atom is -0.362 e. The highest BCUT2D eigenvalue weighted by Crippen LogP contribution is 2.38. The maximum Gasteiger partial charge on any atom is 0.223 e. The lowest BCUT2D eigenvalue weighted by Crippen LogP contribution is -2.37. The summed E-state index contributed by atoms with van der Waals surface area (Å²) in [5, 5.41) is 18.2. The average molecular weight is 365 g/mol. The van der Waals surface area contributed by atoms with E-state index in [-0.39, 0.29) is 18.0 Å². The number of nitrogens with zero attached hydrogens (tertiary/aromatic N) is 1. The summed E-state index contributed by atoms with van der Waals surface area (Å²) in [5.74, 6) is 0.820. The fourth-order valence-corrected chi connectivity index (χ4v) is 4.27. The molecule has 2 aromatic carbocycles. The fourth-order valence-electron chi connectivity index (χ4n) is 4.27. The molecular weight excluding hydrogens is 338 g/mol. The number of anilines is 2. The molecular formula is C22H27N3O2. The molecule has 0 radical (unpaired) electrons. The van der Waals surface area contributed by atoms with Crippen molar-refractivity contribution in [3.63, 3.8) is 0 Å². The SMILES string of the molecule is O=C(NCc1ccccc1)[C@H]1CC[C@@H](CC2Nc3ccccc3N2O)CC1. The number of para-hydroxylation sites is 2. The first-order valence-electron chi connectivity index (χ1n) is 9.86. The molecule has 1 aliphatic heterocycles. The van der Waals surface area contributed by atoms with Gasteiger partial charge in [0.1, 0.15) is 6.17 Å². The lowest BCUT2D eigenvalue weighted by molar-refractivity contribution is -0.126. The van der Waals surface area contributed by atoms with Crippen LogP contribution in [0.15, 0.2) is 54.6 Å². The third kappa shape index (κ3) is 4.08. The van der Waals surface area contributed by atoms with Crippen LogP contribution in [0.3, 0.4) is 0 Å². The van der Waals surface area contributed by atoms with Gasteiger partial charge in [0.05, 0.1) is 11.4 Å². The molecule has 2 aliphatic rings. The molecule has 1 saturated carbocycles. The van der Waals surface area contributed by atoms with Gasteiger partial charge in [-0.1, -0.05) is 42.5 Å². The molecule has 0 aromatic heterocycles. The number of hydrogen-bond donors (Lipinski definition) is 3. The van der Waals surface area contributed by atoms with Crippen LogP contribution in [0, 0.1) is 11.8 Å². The van der Waals surface area contributed by atoms with Crippen molar-refractivity contribution in [1.82, 2.24) is 5.32 Å². The number of hydroxylamine groups is 1. The van der Waals surface area contributed by atoms with Gasteiger partial charge < -0.3 is 10.6 Å². The van der Waals surface area contributed by atoms with Crippen molar-refractivity contribution < 1.29 is 10.0 Å². The first-order chi connectivity index (χ1) is 13.2. The standard InChI is InChI=1S/C22H27N3O2/c26-22(23-15-17-6-2-1-3-7-17)18-12-10-16(11-13-18)14-21-24-19-8-4-5-9-20(19)25(21)27/h1-9,16,18,21,24,27H,10-15H2,(H,23,26)/t16-,18+,21?. The maximum absolute atomic E-state index is 12.5. The van der Waals surface area contributed by atoms with Crippen LogP contribution in [-0.4, -0.2) is 17.3 Å². The molecule has 0 saturated heterocycles. The van der Waals surface area contributed by atoms with Crippen LogP contribution in [0.1, 0.15) is 37.7 Å². The number of carbonyl (C=O) groups is 1. The molecule has 5 nitrogen and oxygen atoms in total. The number of rotatable bonds is 5. The molecule has 4 rings (SSSR count). The van der Waals surface area contributed by atoms with E-state index < -0.39 is 0 Å². The number of benzene rings is 2. The van der Waals surface area contributed by atoms with Crippen molar-refractivity contribution in [2.45, 2.75) is 44.8 Å². The van der Waals surface area contributed by atoms with Crippen LogP contribution in [0.5, 0.6) is 0 Å². The Labute approximate surface area is 160 Å². The zero-order valence-electron chi connectivity index (χ0n) is 15.5. The van der Waals surface area contributed by atoms with Gasteiger partial charge in [0.15, 0.2) is 0 Å². The van der Waals surface area contributed by atoms with Gasteiger partial charge in [-0.25, -0.2) is 5.06 Å². The Morgan fingerprint density at radius 1 is 1.04 bits per heavy atom. The fraction of sp³-hybridized carbons (Fsp3) is 0.409. The zero-order chi connectivity index (χ0) is 18.6. The van der Waals surface area contributed by atoms with Crippen molar-refractivity contribution in [2.24, 2.45) is 11.8 Å². The Bertz CT molecular complexity index is 772. The lowest BCUT2D eigenvalue weighted by Gasteiger charge is -2.31. The summed E-state index contributed by atoms with van der Waals surface area (Å²) in [4.78, 5) is 12.5. The molecule has 1 unspecified atom stereocenters. The summed E-state index contributed by atoms with van der Waals surface area (Å²) in [6.45, 7) is 0.601. The van der Waals surface area contributed by atoms with E-state index in [1.165, 1.54) is 5.06 Å². The molecule has 1 amide bonds. The summed E-state index contributed by atoms with van der Waals surface area (Å²) in [7, 11) is 0. The first-order valence-corrected chi connectivity index (χ1v) is 9.86. The van der Waals surface area contributed by atoms with Crippen molar-refractivity contribution in [3.8, 4) is 0 Å². The van der Waals surface area contributed by atoms with Crippen LogP contribution in [0.2, 0.25) is 0 Å². The van der Waals surface area contributed by atoms with E-state index in [0.29, 0.717) is 12.5 Å². The second-order valence-corrected chi connectivity index (χ2v) is 7.68. The summed E-state index contributed by atoms with van der Waals surface area (Å²) in [5.41, 5.74) is 2.96. The second-order valence-electron chi connectivity index (χ2n) is 7.68. The topological polar surface area (TPSA) is 64.6 Å². The van der Waals surface area contributed by atoms with E-state index >= 15 is 0 Å². The normalized spacial score (nSPS) is 24.2. The van der Waals surface area contributed by atoms with E-state index in [1.54, 1.807) is 0 Å². The van der Waals surface area contributed by atoms with Crippen LogP contribution in [-0.2, 0) is 11.3 Å². The molecule has 142 valence electrons. The number of nitrogens with one attached hydrogen (secondary N) is 2. The van der Waals surface area contributed by atoms with Gasteiger partial charge in [0, 0.05) is 12.5 Å². The Kier molecular flexibility index (Phi) is 5.30. The van der Waals surface area contributed by atoms with Gasteiger partial charge in [-0.3, -0.25) is 10.0 Å². The summed E-state index contributed by atoms with van der Waals surface area (Å²) in [6, 6.07) is 17.9. The van der Waals surface area contributed by atoms with Gasteiger partial charge in [0.2, 0.25) is 5.91 Å². The van der Waals surface area contributed by atoms with Gasteiger partial charge in [-0.15, -0.1) is 0 Å². The van der Waals surface area contributed by atoms with Crippen molar-refractivity contribution in [2.75, 3.05) is 10.4 Å². The third-order valence-electron chi connectivity index (χ3n) is 5.85. The van der Waals surface area contributed by atoms with Crippen LogP contribution in [0.4, 0.5) is 11.4 Å². The lowest BCUT2D eigenvalue weighted by atomic mass is 9.79. The van der Waals surface area contributed by atoms with E-state index in [1.807, 2.05) is 54.6 Å². The van der Waals surface area contributed by atoms with Gasteiger partial charge in [-0.05, 0) is 55.7 Å². The second kappa shape index (κ2) is 8.01. The van der Waals surface area contributed by atoms with Crippen molar-refractivity contribution >= 4 is 17.3 Å². The Hall–Kier alpha value is -2.53. The average Bonchev–Trinajstić information content (AvgIpc) is 3.03. The molecule has 3 N–H and O–H groups in total. The Balaban J connectivity index is 1.23. The summed E-state index contributed by atoms with van der Waals surface area (Å²) >= 11 is 0. The summed E-state index contributed by atoms with van der Waals surface area (Å²) < 4.78 is 0. The quantitative estimate of drug-likeness (QED) is 0.745. The van der Waals surface area contributed by atoms with Crippen LogP contribution in [0.25, 0.3) is 0 Å². The van der Waals surface area contributed by atoms with Gasteiger partial charge in [0.25, 0.3) is 0 Å². The molecule has 1 fully saturated rings.